The number of anilines is 1. The van der Waals surface area contributed by atoms with Crippen LogP contribution in [0, 0.1) is 6.92 Å². The maximum absolute atomic E-state index is 11.7. The molecular formula is C11H16N2OS. The van der Waals surface area contributed by atoms with Crippen LogP contribution in [0.15, 0.2) is 24.3 Å². The number of carbonyl (C=O) groups excluding carboxylic acids is 1. The molecule has 1 rings (SSSR count). The van der Waals surface area contributed by atoms with Gasteiger partial charge in [0.2, 0.25) is 0 Å². The lowest BCUT2D eigenvalue weighted by Crippen LogP contribution is -2.38. The Kier molecular flexibility index (Phi) is 4.49. The number of thioether (sulfide) groups is 1. The van der Waals surface area contributed by atoms with Gasteiger partial charge in [-0.3, -0.25) is 4.90 Å². The Balaban J connectivity index is 2.98. The number of nitrogens with zero attached hydrogens (tertiary/aromatic N) is 1. The molecule has 0 radical (unpaired) electrons. The summed E-state index contributed by atoms with van der Waals surface area (Å²) in [5.74, 6) is 0.657. The predicted octanol–water partition coefficient (Wildman–Crippen LogP) is 2.46. The van der Waals surface area contributed by atoms with Crippen LogP contribution in [0.2, 0.25) is 0 Å². The maximum atomic E-state index is 11.7. The number of hydrogen-bond donors (Lipinski definition) is 1. The molecule has 15 heavy (non-hydrogen) atoms. The molecule has 0 aliphatic carbocycles. The number of para-hydroxylation sites is 1. The van der Waals surface area contributed by atoms with Crippen LogP contribution in [0.3, 0.4) is 0 Å². The third-order valence-electron chi connectivity index (χ3n) is 2.12. The smallest absolute Gasteiger partial charge is 0.322 e. The summed E-state index contributed by atoms with van der Waals surface area (Å²) in [5, 5.41) is 2.65. The van der Waals surface area contributed by atoms with Crippen LogP contribution in [-0.4, -0.2) is 25.2 Å². The second-order valence-corrected chi connectivity index (χ2v) is 4.02. The highest BCUT2D eigenvalue weighted by Crippen LogP contribution is 2.20. The first-order chi connectivity index (χ1) is 7.20. The van der Waals surface area contributed by atoms with Crippen molar-refractivity contribution < 1.29 is 4.79 Å². The number of hydrogen-bond acceptors (Lipinski definition) is 2. The van der Waals surface area contributed by atoms with Crippen molar-refractivity contribution in [3.63, 3.8) is 0 Å². The average molecular weight is 224 g/mol. The lowest BCUT2D eigenvalue weighted by atomic mass is 10.2. The van der Waals surface area contributed by atoms with Crippen molar-refractivity contribution in [2.45, 2.75) is 6.92 Å². The van der Waals surface area contributed by atoms with Gasteiger partial charge in [-0.15, -0.1) is 11.8 Å². The van der Waals surface area contributed by atoms with Crippen molar-refractivity contribution in [3.8, 4) is 0 Å². The van der Waals surface area contributed by atoms with Gasteiger partial charge in [0.15, 0.2) is 0 Å². The molecule has 3 nitrogen and oxygen atoms in total. The summed E-state index contributed by atoms with van der Waals surface area (Å²) in [6, 6.07) is 7.81. The van der Waals surface area contributed by atoms with E-state index in [1.54, 1.807) is 23.7 Å². The molecule has 4 heteroatoms. The minimum Gasteiger partial charge on any atom is -0.341 e. The first-order valence-corrected chi connectivity index (χ1v) is 6.14. The Morgan fingerprint density at radius 1 is 1.47 bits per heavy atom. The van der Waals surface area contributed by atoms with E-state index in [2.05, 4.69) is 5.32 Å². The van der Waals surface area contributed by atoms with E-state index in [4.69, 9.17) is 0 Å². The van der Waals surface area contributed by atoms with Crippen molar-refractivity contribution >= 4 is 23.5 Å². The quantitative estimate of drug-likeness (QED) is 0.800. The molecule has 0 bridgehead atoms. The Bertz CT molecular complexity index is 341. The van der Waals surface area contributed by atoms with Crippen molar-refractivity contribution in [2.24, 2.45) is 0 Å². The fourth-order valence-corrected chi connectivity index (χ4v) is 1.88. The van der Waals surface area contributed by atoms with Gasteiger partial charge in [-0.1, -0.05) is 18.2 Å². The summed E-state index contributed by atoms with van der Waals surface area (Å²) in [6.45, 7) is 2.01. The number of amides is 2. The molecule has 1 aromatic rings. The monoisotopic (exact) mass is 224 g/mol. The molecule has 0 aromatic heterocycles. The molecule has 0 saturated carbocycles. The van der Waals surface area contributed by atoms with Gasteiger partial charge in [0.05, 0.1) is 5.88 Å². The van der Waals surface area contributed by atoms with Crippen LogP contribution in [0.5, 0.6) is 0 Å². The van der Waals surface area contributed by atoms with Crippen molar-refractivity contribution in [1.82, 2.24) is 5.32 Å². The van der Waals surface area contributed by atoms with E-state index >= 15 is 0 Å². The zero-order valence-corrected chi connectivity index (χ0v) is 10.1. The van der Waals surface area contributed by atoms with Crippen LogP contribution in [0.4, 0.5) is 10.5 Å². The van der Waals surface area contributed by atoms with Crippen molar-refractivity contribution in [2.75, 3.05) is 24.1 Å². The molecule has 0 aliphatic heterocycles. The highest BCUT2D eigenvalue weighted by atomic mass is 32.2. The maximum Gasteiger partial charge on any atom is 0.322 e. The van der Waals surface area contributed by atoms with Crippen LogP contribution >= 0.6 is 11.8 Å². The number of nitrogens with one attached hydrogen (secondary N) is 1. The second-order valence-electron chi connectivity index (χ2n) is 3.19. The number of carbonyl (C=O) groups is 1. The Morgan fingerprint density at radius 2 is 2.13 bits per heavy atom. The number of rotatable bonds is 3. The molecule has 0 aliphatic rings. The molecule has 0 unspecified atom stereocenters. The van der Waals surface area contributed by atoms with Gasteiger partial charge in [-0.05, 0) is 24.8 Å². The molecule has 82 valence electrons. The Labute approximate surface area is 94.9 Å². The van der Waals surface area contributed by atoms with E-state index in [0.717, 1.165) is 11.3 Å². The first-order valence-electron chi connectivity index (χ1n) is 4.74. The predicted molar refractivity (Wildman–Crippen MR) is 66.5 cm³/mol. The van der Waals surface area contributed by atoms with Crippen LogP contribution in [-0.2, 0) is 0 Å². The lowest BCUT2D eigenvalue weighted by molar-refractivity contribution is 0.249. The van der Waals surface area contributed by atoms with E-state index in [1.807, 2.05) is 37.4 Å². The van der Waals surface area contributed by atoms with Gasteiger partial charge in [0, 0.05) is 12.7 Å². The summed E-state index contributed by atoms with van der Waals surface area (Å²) in [4.78, 5) is 13.4. The topological polar surface area (TPSA) is 32.3 Å². The van der Waals surface area contributed by atoms with Crippen LogP contribution in [0.1, 0.15) is 5.56 Å². The highest BCUT2D eigenvalue weighted by molar-refractivity contribution is 7.98. The molecule has 0 atom stereocenters. The molecule has 1 aromatic carbocycles. The van der Waals surface area contributed by atoms with Crippen molar-refractivity contribution in [3.05, 3.63) is 29.8 Å². The van der Waals surface area contributed by atoms with E-state index in [9.17, 15) is 4.79 Å². The largest absolute Gasteiger partial charge is 0.341 e. The summed E-state index contributed by atoms with van der Waals surface area (Å²) in [5.41, 5.74) is 2.07. The highest BCUT2D eigenvalue weighted by Gasteiger charge is 2.14. The van der Waals surface area contributed by atoms with Crippen LogP contribution in [0.25, 0.3) is 0 Å². The first kappa shape index (κ1) is 11.9. The normalized spacial score (nSPS) is 9.80. The summed E-state index contributed by atoms with van der Waals surface area (Å²) < 4.78 is 0. The molecule has 0 saturated heterocycles. The lowest BCUT2D eigenvalue weighted by Gasteiger charge is -2.22. The SMILES string of the molecule is CNC(=O)N(CSC)c1ccccc1C. The van der Waals surface area contributed by atoms with Gasteiger partial charge >= 0.3 is 6.03 Å². The fraction of sp³-hybridized carbons (Fsp3) is 0.364. The van der Waals surface area contributed by atoms with Gasteiger partial charge in [0.1, 0.15) is 0 Å². The van der Waals surface area contributed by atoms with Gasteiger partial charge < -0.3 is 5.32 Å². The van der Waals surface area contributed by atoms with E-state index in [-0.39, 0.29) is 6.03 Å². The third-order valence-corrected chi connectivity index (χ3v) is 2.64. The summed E-state index contributed by atoms with van der Waals surface area (Å²) >= 11 is 1.62. The van der Waals surface area contributed by atoms with Gasteiger partial charge in [0.25, 0.3) is 0 Å². The van der Waals surface area contributed by atoms with Crippen molar-refractivity contribution in [1.29, 1.82) is 0 Å². The van der Waals surface area contributed by atoms with Gasteiger partial charge in [-0.2, -0.15) is 0 Å². The van der Waals surface area contributed by atoms with E-state index in [0.29, 0.717) is 5.88 Å². The summed E-state index contributed by atoms with van der Waals surface area (Å²) in [6.07, 6.45) is 1.98. The minimum atomic E-state index is -0.0707. The molecule has 0 spiro atoms. The number of urea groups is 1. The summed E-state index contributed by atoms with van der Waals surface area (Å²) in [7, 11) is 1.65. The number of benzene rings is 1. The Morgan fingerprint density at radius 3 is 2.67 bits per heavy atom. The number of aryl methyl sites for hydroxylation is 1. The third kappa shape index (κ3) is 2.89. The van der Waals surface area contributed by atoms with E-state index in [1.165, 1.54) is 0 Å². The van der Waals surface area contributed by atoms with Gasteiger partial charge in [-0.25, -0.2) is 4.79 Å². The minimum absolute atomic E-state index is 0.0707. The molecule has 0 fully saturated rings. The Hall–Kier alpha value is -1.16. The fourth-order valence-electron chi connectivity index (χ4n) is 1.37. The second kappa shape index (κ2) is 5.66. The molecule has 2 amide bonds. The van der Waals surface area contributed by atoms with E-state index < -0.39 is 0 Å². The zero-order valence-electron chi connectivity index (χ0n) is 9.28. The average Bonchev–Trinajstić information content (AvgIpc) is 2.26. The zero-order chi connectivity index (χ0) is 11.3. The van der Waals surface area contributed by atoms with Crippen LogP contribution < -0.4 is 10.2 Å². The molecule has 0 heterocycles. The standard InChI is InChI=1S/C11H16N2OS/c1-9-6-4-5-7-10(9)13(8-15-3)11(14)12-2/h4-7H,8H2,1-3H3,(H,12,14). The molecule has 1 N–H and O–H groups in total. The molecular weight excluding hydrogens is 208 g/mol.